The Hall–Kier alpha value is -1.36. The maximum atomic E-state index is 11.8. The Balaban J connectivity index is 2.47. The van der Waals surface area contributed by atoms with Crippen LogP contribution in [0.4, 0.5) is 0 Å². The number of piperazine rings is 1. The Morgan fingerprint density at radius 3 is 2.41 bits per heavy atom. The normalized spacial score (nSPS) is 16.6. The number of nitrogens with zero attached hydrogens (tertiary/aromatic N) is 2. The van der Waals surface area contributed by atoms with E-state index >= 15 is 0 Å². The van der Waals surface area contributed by atoms with Crippen molar-refractivity contribution < 1.29 is 9.59 Å². The van der Waals surface area contributed by atoms with Gasteiger partial charge in [0.05, 0.1) is 6.54 Å². The quantitative estimate of drug-likeness (QED) is 0.655. The van der Waals surface area contributed by atoms with Crippen molar-refractivity contribution >= 4 is 11.8 Å². The van der Waals surface area contributed by atoms with E-state index in [1.807, 2.05) is 13.8 Å². The molecule has 0 saturated carbocycles. The molecule has 96 valence electrons. The lowest BCUT2D eigenvalue weighted by Crippen LogP contribution is -2.54. The number of amides is 2. The van der Waals surface area contributed by atoms with Crippen LogP contribution in [0, 0.1) is 0 Å². The van der Waals surface area contributed by atoms with Crippen molar-refractivity contribution in [1.29, 1.82) is 0 Å². The summed E-state index contributed by atoms with van der Waals surface area (Å²) < 4.78 is 0. The maximum absolute atomic E-state index is 11.8. The number of hydrogen-bond donors (Lipinski definition) is 1. The lowest BCUT2D eigenvalue weighted by atomic mass is 10.2. The van der Waals surface area contributed by atoms with Crippen molar-refractivity contribution in [3.05, 3.63) is 12.2 Å². The van der Waals surface area contributed by atoms with E-state index in [1.54, 1.807) is 9.80 Å². The first-order valence-corrected chi connectivity index (χ1v) is 6.01. The molecule has 1 N–H and O–H groups in total. The Labute approximate surface area is 102 Å². The first kappa shape index (κ1) is 13.7. The summed E-state index contributed by atoms with van der Waals surface area (Å²) in [7, 11) is 0. The predicted molar refractivity (Wildman–Crippen MR) is 66.5 cm³/mol. The van der Waals surface area contributed by atoms with Crippen molar-refractivity contribution in [3.8, 4) is 0 Å². The van der Waals surface area contributed by atoms with Gasteiger partial charge in [0, 0.05) is 19.6 Å². The fourth-order valence-corrected chi connectivity index (χ4v) is 1.76. The van der Waals surface area contributed by atoms with Crippen LogP contribution in [0.2, 0.25) is 0 Å². The molecule has 1 heterocycles. The summed E-state index contributed by atoms with van der Waals surface area (Å²) >= 11 is 0. The Bertz CT molecular complexity index is 315. The zero-order chi connectivity index (χ0) is 12.8. The van der Waals surface area contributed by atoms with Gasteiger partial charge in [-0.15, -0.1) is 0 Å². The van der Waals surface area contributed by atoms with Gasteiger partial charge in [-0.2, -0.15) is 0 Å². The van der Waals surface area contributed by atoms with E-state index in [2.05, 4.69) is 11.9 Å². The second-order valence-electron chi connectivity index (χ2n) is 4.19. The summed E-state index contributed by atoms with van der Waals surface area (Å²) in [5.74, 6) is 0.0208. The van der Waals surface area contributed by atoms with Gasteiger partial charge in [-0.3, -0.25) is 9.59 Å². The number of carbonyl (C=O) groups excluding carboxylic acids is 2. The Morgan fingerprint density at radius 1 is 1.24 bits per heavy atom. The second kappa shape index (κ2) is 6.39. The van der Waals surface area contributed by atoms with Crippen molar-refractivity contribution in [2.24, 2.45) is 0 Å². The van der Waals surface area contributed by atoms with Gasteiger partial charge in [0.1, 0.15) is 6.54 Å². The number of carbonyl (C=O) groups is 2. The van der Waals surface area contributed by atoms with Crippen molar-refractivity contribution in [2.75, 3.05) is 39.3 Å². The van der Waals surface area contributed by atoms with E-state index in [-0.39, 0.29) is 24.9 Å². The molecule has 0 atom stereocenters. The minimum Gasteiger partial charge on any atom is -0.332 e. The van der Waals surface area contributed by atoms with Crippen LogP contribution in [0.1, 0.15) is 13.8 Å². The summed E-state index contributed by atoms with van der Waals surface area (Å²) in [6.45, 7) is 10.8. The number of likely N-dealkylation sites (N-methyl/N-ethyl adjacent to an activating group) is 2. The first-order chi connectivity index (χ1) is 8.08. The van der Waals surface area contributed by atoms with Crippen molar-refractivity contribution in [3.63, 3.8) is 0 Å². The molecule has 0 radical (unpaired) electrons. The van der Waals surface area contributed by atoms with Crippen LogP contribution < -0.4 is 5.32 Å². The summed E-state index contributed by atoms with van der Waals surface area (Å²) in [4.78, 5) is 26.6. The number of nitrogens with one attached hydrogen (secondary N) is 1. The van der Waals surface area contributed by atoms with E-state index in [0.29, 0.717) is 19.6 Å². The molecule has 1 fully saturated rings. The van der Waals surface area contributed by atoms with Gasteiger partial charge >= 0.3 is 0 Å². The molecule has 0 aliphatic carbocycles. The highest BCUT2D eigenvalue weighted by Crippen LogP contribution is 2.06. The zero-order valence-corrected chi connectivity index (χ0v) is 10.7. The van der Waals surface area contributed by atoms with Crippen LogP contribution in [0.3, 0.4) is 0 Å². The van der Waals surface area contributed by atoms with E-state index in [9.17, 15) is 9.59 Å². The van der Waals surface area contributed by atoms with Gasteiger partial charge < -0.3 is 15.1 Å². The third-order valence-electron chi connectivity index (χ3n) is 2.78. The molecule has 0 spiro atoms. The number of rotatable bonds is 6. The molecular weight excluding hydrogens is 218 g/mol. The van der Waals surface area contributed by atoms with Crippen LogP contribution in [0.15, 0.2) is 12.2 Å². The molecule has 5 heteroatoms. The van der Waals surface area contributed by atoms with Gasteiger partial charge in [0.2, 0.25) is 11.8 Å². The van der Waals surface area contributed by atoms with Crippen molar-refractivity contribution in [1.82, 2.24) is 15.1 Å². The lowest BCUT2D eigenvalue weighted by molar-refractivity contribution is -0.149. The van der Waals surface area contributed by atoms with Gasteiger partial charge in [-0.05, 0) is 19.0 Å². The summed E-state index contributed by atoms with van der Waals surface area (Å²) in [5.41, 5.74) is 0.929. The second-order valence-corrected chi connectivity index (χ2v) is 4.19. The monoisotopic (exact) mass is 239 g/mol. The summed E-state index contributed by atoms with van der Waals surface area (Å²) in [6, 6.07) is 0. The van der Waals surface area contributed by atoms with E-state index in [1.165, 1.54) is 0 Å². The molecule has 17 heavy (non-hydrogen) atoms. The molecule has 0 aromatic carbocycles. The molecule has 1 rings (SSSR count). The zero-order valence-electron chi connectivity index (χ0n) is 10.7. The fourth-order valence-electron chi connectivity index (χ4n) is 1.76. The van der Waals surface area contributed by atoms with Crippen LogP contribution >= 0.6 is 0 Å². The van der Waals surface area contributed by atoms with Gasteiger partial charge in [-0.1, -0.05) is 13.5 Å². The fraction of sp³-hybridized carbons (Fsp3) is 0.667. The Kier molecular flexibility index (Phi) is 5.15. The van der Waals surface area contributed by atoms with Gasteiger partial charge in [0.15, 0.2) is 0 Å². The third kappa shape index (κ3) is 3.85. The molecule has 0 aromatic heterocycles. The van der Waals surface area contributed by atoms with E-state index < -0.39 is 0 Å². The van der Waals surface area contributed by atoms with Crippen LogP contribution in [-0.4, -0.2) is 60.9 Å². The highest BCUT2D eigenvalue weighted by Gasteiger charge is 2.28. The molecule has 0 aromatic rings. The molecule has 2 amide bonds. The minimum absolute atomic E-state index is 0.00379. The smallest absolute Gasteiger partial charge is 0.242 e. The molecule has 1 saturated heterocycles. The topological polar surface area (TPSA) is 52.7 Å². The van der Waals surface area contributed by atoms with E-state index in [4.69, 9.17) is 0 Å². The molecule has 1 aliphatic rings. The van der Waals surface area contributed by atoms with Crippen LogP contribution in [0.25, 0.3) is 0 Å². The van der Waals surface area contributed by atoms with Crippen LogP contribution in [-0.2, 0) is 9.59 Å². The molecule has 5 nitrogen and oxygen atoms in total. The molecule has 0 unspecified atom stereocenters. The SMILES string of the molecule is C=C(CNCC)CN1CC(=O)N(CC)CC1=O. The van der Waals surface area contributed by atoms with E-state index in [0.717, 1.165) is 12.1 Å². The predicted octanol–water partition coefficient (Wildman–Crippen LogP) is -0.157. The molecule has 1 aliphatic heterocycles. The average molecular weight is 239 g/mol. The van der Waals surface area contributed by atoms with Crippen LogP contribution in [0.5, 0.6) is 0 Å². The van der Waals surface area contributed by atoms with Gasteiger partial charge in [0.25, 0.3) is 0 Å². The average Bonchev–Trinajstić information content (AvgIpc) is 2.30. The first-order valence-electron chi connectivity index (χ1n) is 6.01. The highest BCUT2D eigenvalue weighted by molar-refractivity contribution is 5.92. The lowest BCUT2D eigenvalue weighted by Gasteiger charge is -2.33. The molecular formula is C12H21N3O2. The minimum atomic E-state index is 0.00379. The number of hydrogen-bond acceptors (Lipinski definition) is 3. The maximum Gasteiger partial charge on any atom is 0.242 e. The standard InChI is InChI=1S/C12H21N3O2/c1-4-13-6-10(3)7-15-9-11(16)14(5-2)8-12(15)17/h13H,3-9H2,1-2H3. The largest absolute Gasteiger partial charge is 0.332 e. The summed E-state index contributed by atoms with van der Waals surface area (Å²) in [6.07, 6.45) is 0. The van der Waals surface area contributed by atoms with Crippen molar-refractivity contribution in [2.45, 2.75) is 13.8 Å². The Morgan fingerprint density at radius 2 is 1.82 bits per heavy atom. The third-order valence-corrected chi connectivity index (χ3v) is 2.78. The highest BCUT2D eigenvalue weighted by atomic mass is 16.2. The molecule has 0 bridgehead atoms. The summed E-state index contributed by atoms with van der Waals surface area (Å²) in [5, 5.41) is 3.15. The van der Waals surface area contributed by atoms with Gasteiger partial charge in [-0.25, -0.2) is 0 Å².